The standard InChI is InChI=1S/C9H20O5Si.C3H6O/c1-10-15(11-2,12-3)6-4-5-13-7-9-8-14-9;1-3(2)4/h9H,4-8H2,1-3H3;1-2H3. The maximum absolute atomic E-state index is 9.44. The van der Waals surface area contributed by atoms with Gasteiger partial charge in [0.1, 0.15) is 11.9 Å². The minimum Gasteiger partial charge on any atom is -0.379 e. The molecule has 1 heterocycles. The summed E-state index contributed by atoms with van der Waals surface area (Å²) < 4.78 is 26.3. The van der Waals surface area contributed by atoms with Crippen molar-refractivity contribution in [1.82, 2.24) is 0 Å². The summed E-state index contributed by atoms with van der Waals surface area (Å²) in [5.41, 5.74) is 0. The van der Waals surface area contributed by atoms with Gasteiger partial charge in [0.15, 0.2) is 0 Å². The Morgan fingerprint density at radius 1 is 1.21 bits per heavy atom. The number of carbonyl (C=O) groups is 1. The van der Waals surface area contributed by atoms with E-state index in [9.17, 15) is 4.79 Å². The number of epoxide rings is 1. The fourth-order valence-corrected chi connectivity index (χ4v) is 3.02. The number of hydrogen-bond acceptors (Lipinski definition) is 6. The first-order chi connectivity index (χ1) is 8.99. The largest absolute Gasteiger partial charge is 0.500 e. The van der Waals surface area contributed by atoms with Crippen LogP contribution in [0.5, 0.6) is 0 Å². The Morgan fingerprint density at radius 3 is 2.05 bits per heavy atom. The van der Waals surface area contributed by atoms with Gasteiger partial charge in [0.05, 0.1) is 13.2 Å². The topological polar surface area (TPSA) is 66.5 Å². The summed E-state index contributed by atoms with van der Waals surface area (Å²) in [6.45, 7) is 5.29. The molecule has 0 aliphatic carbocycles. The van der Waals surface area contributed by atoms with Crippen LogP contribution in [0.15, 0.2) is 0 Å². The lowest BCUT2D eigenvalue weighted by Crippen LogP contribution is -2.42. The minimum atomic E-state index is -2.39. The van der Waals surface area contributed by atoms with E-state index < -0.39 is 8.80 Å². The normalized spacial score (nSPS) is 17.6. The van der Waals surface area contributed by atoms with E-state index in [0.29, 0.717) is 19.3 Å². The zero-order valence-electron chi connectivity index (χ0n) is 12.6. The molecule has 7 heteroatoms. The van der Waals surface area contributed by atoms with Crippen LogP contribution in [0.1, 0.15) is 20.3 Å². The monoisotopic (exact) mass is 294 g/mol. The first kappa shape index (κ1) is 18.7. The van der Waals surface area contributed by atoms with Gasteiger partial charge in [-0.25, -0.2) is 0 Å². The van der Waals surface area contributed by atoms with E-state index in [-0.39, 0.29) is 5.78 Å². The molecule has 0 aromatic heterocycles. The summed E-state index contributed by atoms with van der Waals surface area (Å²) in [7, 11) is 2.48. The molecule has 0 saturated carbocycles. The maximum atomic E-state index is 9.44. The van der Waals surface area contributed by atoms with E-state index >= 15 is 0 Å². The number of rotatable bonds is 9. The third kappa shape index (κ3) is 10.2. The predicted octanol–water partition coefficient (Wildman–Crippen LogP) is 1.27. The highest BCUT2D eigenvalue weighted by molar-refractivity contribution is 6.60. The van der Waals surface area contributed by atoms with E-state index in [4.69, 9.17) is 22.8 Å². The van der Waals surface area contributed by atoms with Gasteiger partial charge in [0.2, 0.25) is 0 Å². The Labute approximate surface area is 116 Å². The van der Waals surface area contributed by atoms with Gasteiger partial charge < -0.3 is 27.5 Å². The molecule has 1 unspecified atom stereocenters. The molecule has 1 fully saturated rings. The third-order valence-electron chi connectivity index (χ3n) is 2.41. The van der Waals surface area contributed by atoms with Crippen molar-refractivity contribution in [3.8, 4) is 0 Å². The van der Waals surface area contributed by atoms with Crippen molar-refractivity contribution in [2.45, 2.75) is 32.4 Å². The van der Waals surface area contributed by atoms with E-state index in [1.54, 1.807) is 21.3 Å². The second-order valence-electron chi connectivity index (χ2n) is 4.34. The van der Waals surface area contributed by atoms with Gasteiger partial charge >= 0.3 is 8.80 Å². The SMILES string of the molecule is CC(C)=O.CO[Si](CCCOCC1CO1)(OC)OC. The summed E-state index contributed by atoms with van der Waals surface area (Å²) in [6.07, 6.45) is 1.22. The van der Waals surface area contributed by atoms with Crippen molar-refractivity contribution in [3.63, 3.8) is 0 Å². The molecule has 0 bridgehead atoms. The highest BCUT2D eigenvalue weighted by atomic mass is 28.4. The lowest BCUT2D eigenvalue weighted by molar-refractivity contribution is -0.114. The predicted molar refractivity (Wildman–Crippen MR) is 73.1 cm³/mol. The fourth-order valence-electron chi connectivity index (χ4n) is 1.33. The molecule has 6 nitrogen and oxygen atoms in total. The van der Waals surface area contributed by atoms with Crippen LogP contribution < -0.4 is 0 Å². The molecule has 0 amide bonds. The Hall–Kier alpha value is -0.313. The summed E-state index contributed by atoms with van der Waals surface area (Å²) >= 11 is 0. The number of Topliss-reactive ketones (excluding diaryl/α,β-unsaturated/α-hetero) is 1. The number of carbonyl (C=O) groups excluding carboxylic acids is 1. The van der Waals surface area contributed by atoms with Gasteiger partial charge in [-0.2, -0.15) is 0 Å². The molecule has 1 aliphatic heterocycles. The van der Waals surface area contributed by atoms with Gasteiger partial charge in [-0.1, -0.05) is 0 Å². The second-order valence-corrected chi connectivity index (χ2v) is 7.43. The number of ketones is 1. The first-order valence-electron chi connectivity index (χ1n) is 6.31. The molecular weight excluding hydrogens is 268 g/mol. The van der Waals surface area contributed by atoms with Crippen molar-refractivity contribution in [3.05, 3.63) is 0 Å². The Kier molecular flexibility index (Phi) is 10.3. The molecule has 1 saturated heterocycles. The van der Waals surface area contributed by atoms with Gasteiger partial charge in [-0.3, -0.25) is 0 Å². The summed E-state index contributed by atoms with van der Waals surface area (Å²) in [4.78, 5) is 9.44. The van der Waals surface area contributed by atoms with Crippen LogP contribution in [-0.2, 0) is 27.5 Å². The quantitative estimate of drug-likeness (QED) is 0.362. The van der Waals surface area contributed by atoms with Crippen LogP contribution >= 0.6 is 0 Å². The molecule has 0 radical (unpaired) electrons. The van der Waals surface area contributed by atoms with Gasteiger partial charge in [0.25, 0.3) is 0 Å². The van der Waals surface area contributed by atoms with Crippen LogP contribution in [0.25, 0.3) is 0 Å². The lowest BCUT2D eigenvalue weighted by Gasteiger charge is -2.24. The van der Waals surface area contributed by atoms with Crippen LogP contribution in [0, 0.1) is 0 Å². The van der Waals surface area contributed by atoms with Crippen LogP contribution in [-0.4, -0.2) is 61.8 Å². The van der Waals surface area contributed by atoms with Crippen LogP contribution in [0.3, 0.4) is 0 Å². The minimum absolute atomic E-state index is 0.167. The fraction of sp³-hybridized carbons (Fsp3) is 0.917. The molecule has 0 N–H and O–H groups in total. The summed E-state index contributed by atoms with van der Waals surface area (Å²) in [5, 5.41) is 0. The van der Waals surface area contributed by atoms with E-state index in [0.717, 1.165) is 19.1 Å². The Morgan fingerprint density at radius 2 is 1.68 bits per heavy atom. The van der Waals surface area contributed by atoms with Crippen LogP contribution in [0.2, 0.25) is 6.04 Å². The number of ether oxygens (including phenoxy) is 2. The molecule has 1 aliphatic rings. The lowest BCUT2D eigenvalue weighted by atomic mass is 10.5. The second kappa shape index (κ2) is 10.5. The van der Waals surface area contributed by atoms with Crippen molar-refractivity contribution >= 4 is 14.6 Å². The molecule has 19 heavy (non-hydrogen) atoms. The molecule has 0 aromatic rings. The summed E-state index contributed by atoms with van der Waals surface area (Å²) in [6, 6.07) is 0.780. The Bertz CT molecular complexity index is 228. The van der Waals surface area contributed by atoms with E-state index in [2.05, 4.69) is 0 Å². The zero-order chi connectivity index (χ0) is 14.7. The molecule has 0 spiro atoms. The maximum Gasteiger partial charge on any atom is 0.500 e. The number of hydrogen-bond donors (Lipinski definition) is 0. The van der Waals surface area contributed by atoms with Crippen molar-refractivity contribution in [2.75, 3.05) is 41.2 Å². The molecule has 114 valence electrons. The van der Waals surface area contributed by atoms with Gasteiger partial charge in [0, 0.05) is 34.0 Å². The van der Waals surface area contributed by atoms with E-state index in [1.165, 1.54) is 13.8 Å². The van der Waals surface area contributed by atoms with Gasteiger partial charge in [-0.15, -0.1) is 0 Å². The molecule has 0 aromatic carbocycles. The zero-order valence-corrected chi connectivity index (χ0v) is 13.6. The van der Waals surface area contributed by atoms with E-state index in [1.807, 2.05) is 0 Å². The third-order valence-corrected chi connectivity index (χ3v) is 5.24. The Balaban J connectivity index is 0.000000711. The summed E-state index contributed by atoms with van der Waals surface area (Å²) in [5.74, 6) is 0.167. The average Bonchev–Trinajstić information content (AvgIpc) is 3.18. The molecule has 1 atom stereocenters. The molecular formula is C12H26O6Si. The smallest absolute Gasteiger partial charge is 0.379 e. The highest BCUT2D eigenvalue weighted by Gasteiger charge is 2.36. The van der Waals surface area contributed by atoms with Gasteiger partial charge in [-0.05, 0) is 20.3 Å². The first-order valence-corrected chi connectivity index (χ1v) is 8.24. The van der Waals surface area contributed by atoms with Crippen molar-refractivity contribution in [1.29, 1.82) is 0 Å². The van der Waals surface area contributed by atoms with Crippen LogP contribution in [0.4, 0.5) is 0 Å². The van der Waals surface area contributed by atoms with Crippen molar-refractivity contribution < 1.29 is 27.5 Å². The highest BCUT2D eigenvalue weighted by Crippen LogP contribution is 2.15. The molecule has 1 rings (SSSR count). The van der Waals surface area contributed by atoms with Crippen molar-refractivity contribution in [2.24, 2.45) is 0 Å². The average molecular weight is 294 g/mol.